The van der Waals surface area contributed by atoms with Crippen molar-refractivity contribution in [2.45, 2.75) is 51.2 Å². The highest BCUT2D eigenvalue weighted by Crippen LogP contribution is 2.22. The number of hydrogen-bond acceptors (Lipinski definition) is 7. The van der Waals surface area contributed by atoms with Crippen molar-refractivity contribution in [1.82, 2.24) is 10.6 Å². The smallest absolute Gasteiger partial charge is 0.329 e. The Morgan fingerprint density at radius 1 is 1.03 bits per heavy atom. The first-order valence-corrected chi connectivity index (χ1v) is 12.6. The fourth-order valence-electron chi connectivity index (χ4n) is 4.11. The van der Waals surface area contributed by atoms with Gasteiger partial charge in [-0.3, -0.25) is 15.0 Å². The summed E-state index contributed by atoms with van der Waals surface area (Å²) in [6.07, 6.45) is 5.24. The second-order valence-electron chi connectivity index (χ2n) is 9.01. The fourth-order valence-corrected chi connectivity index (χ4v) is 4.11. The molecule has 2 aromatic carbocycles. The van der Waals surface area contributed by atoms with E-state index in [1.165, 1.54) is 11.0 Å². The van der Waals surface area contributed by atoms with Gasteiger partial charge >= 0.3 is 6.03 Å². The number of benzene rings is 2. The van der Waals surface area contributed by atoms with Crippen LogP contribution < -0.4 is 15.5 Å². The standard InChI is InChI=1S/C27H37N3O6/c31-19-22-16-21(10-11-24(22)32)25(33)17-28-12-3-1-2-4-13-36-14-6-8-20-7-5-9-23(15-20)30-18-26(34)29-27(30)35/h5,7,9-11,15-16,25,28,31-33H,1-4,6,8,12-14,17-19H2,(H,29,34,35)/t25-/m1/s1. The first-order chi connectivity index (χ1) is 17.5. The monoisotopic (exact) mass is 499 g/mol. The van der Waals surface area contributed by atoms with E-state index in [0.717, 1.165) is 62.9 Å². The van der Waals surface area contributed by atoms with Crippen LogP contribution in [0.3, 0.4) is 0 Å². The molecule has 5 N–H and O–H groups in total. The molecule has 1 aliphatic rings. The van der Waals surface area contributed by atoms with Crippen LogP contribution >= 0.6 is 0 Å². The first-order valence-electron chi connectivity index (χ1n) is 12.6. The molecule has 0 spiro atoms. The lowest BCUT2D eigenvalue weighted by Crippen LogP contribution is -2.27. The number of nitrogens with zero attached hydrogens (tertiary/aromatic N) is 1. The molecule has 0 radical (unpaired) electrons. The molecule has 3 amide bonds. The first kappa shape index (κ1) is 27.6. The minimum atomic E-state index is -0.685. The van der Waals surface area contributed by atoms with E-state index < -0.39 is 6.10 Å². The molecule has 2 aromatic rings. The molecule has 0 unspecified atom stereocenters. The van der Waals surface area contributed by atoms with Gasteiger partial charge in [0.25, 0.3) is 0 Å². The lowest BCUT2D eigenvalue weighted by molar-refractivity contribution is -0.117. The number of amides is 3. The maximum absolute atomic E-state index is 11.8. The van der Waals surface area contributed by atoms with E-state index in [2.05, 4.69) is 10.6 Å². The predicted molar refractivity (Wildman–Crippen MR) is 137 cm³/mol. The molecule has 1 fully saturated rings. The van der Waals surface area contributed by atoms with Gasteiger partial charge in [-0.2, -0.15) is 0 Å². The van der Waals surface area contributed by atoms with Gasteiger partial charge in [0.1, 0.15) is 12.3 Å². The molecular weight excluding hydrogens is 462 g/mol. The second kappa shape index (κ2) is 14.5. The summed E-state index contributed by atoms with van der Waals surface area (Å²) in [4.78, 5) is 24.7. The van der Waals surface area contributed by atoms with E-state index in [1.54, 1.807) is 12.1 Å². The third kappa shape index (κ3) is 8.60. The zero-order valence-corrected chi connectivity index (χ0v) is 20.6. The van der Waals surface area contributed by atoms with Crippen molar-refractivity contribution in [1.29, 1.82) is 0 Å². The second-order valence-corrected chi connectivity index (χ2v) is 9.01. The molecule has 196 valence electrons. The molecule has 1 saturated heterocycles. The highest BCUT2D eigenvalue weighted by atomic mass is 16.5. The maximum atomic E-state index is 11.8. The third-order valence-electron chi connectivity index (χ3n) is 6.16. The number of imide groups is 1. The Kier molecular flexibility index (Phi) is 11.2. The highest BCUT2D eigenvalue weighted by Gasteiger charge is 2.27. The Bertz CT molecular complexity index is 999. The molecule has 1 aliphatic heterocycles. The summed E-state index contributed by atoms with van der Waals surface area (Å²) < 4.78 is 5.75. The van der Waals surface area contributed by atoms with Crippen LogP contribution in [-0.4, -0.2) is 60.1 Å². The lowest BCUT2D eigenvalue weighted by atomic mass is 10.1. The Hall–Kier alpha value is -2.98. The Labute approximate surface area is 212 Å². The molecule has 1 atom stereocenters. The van der Waals surface area contributed by atoms with Crippen molar-refractivity contribution in [3.63, 3.8) is 0 Å². The summed E-state index contributed by atoms with van der Waals surface area (Å²) in [6, 6.07) is 12.1. The average molecular weight is 500 g/mol. The van der Waals surface area contributed by atoms with Crippen molar-refractivity contribution in [3.8, 4) is 5.75 Å². The van der Waals surface area contributed by atoms with E-state index >= 15 is 0 Å². The molecular formula is C27H37N3O6. The van der Waals surface area contributed by atoms with E-state index in [0.29, 0.717) is 24.3 Å². The average Bonchev–Trinajstić information content (AvgIpc) is 3.22. The lowest BCUT2D eigenvalue weighted by Gasteiger charge is -2.14. The zero-order chi connectivity index (χ0) is 25.8. The molecule has 0 bridgehead atoms. The molecule has 36 heavy (non-hydrogen) atoms. The zero-order valence-electron chi connectivity index (χ0n) is 20.6. The van der Waals surface area contributed by atoms with Crippen LogP contribution in [0.4, 0.5) is 10.5 Å². The van der Waals surface area contributed by atoms with Crippen LogP contribution in [0.2, 0.25) is 0 Å². The van der Waals surface area contributed by atoms with Crippen molar-refractivity contribution in [2.75, 3.05) is 37.7 Å². The minimum Gasteiger partial charge on any atom is -0.508 e. The summed E-state index contributed by atoms with van der Waals surface area (Å²) >= 11 is 0. The molecule has 0 aliphatic carbocycles. The van der Waals surface area contributed by atoms with Gasteiger partial charge in [-0.15, -0.1) is 0 Å². The molecule has 3 rings (SSSR count). The topological polar surface area (TPSA) is 131 Å². The van der Waals surface area contributed by atoms with Crippen molar-refractivity contribution >= 4 is 17.6 Å². The number of aliphatic hydroxyl groups excluding tert-OH is 2. The summed E-state index contributed by atoms with van der Waals surface area (Å²) in [5, 5.41) is 34.6. The van der Waals surface area contributed by atoms with Gasteiger partial charge in [0.15, 0.2) is 0 Å². The van der Waals surface area contributed by atoms with E-state index in [1.807, 2.05) is 24.3 Å². The van der Waals surface area contributed by atoms with Crippen LogP contribution in [0.1, 0.15) is 54.9 Å². The van der Waals surface area contributed by atoms with Crippen LogP contribution in [0.15, 0.2) is 42.5 Å². The van der Waals surface area contributed by atoms with E-state index in [9.17, 15) is 24.9 Å². The minimum absolute atomic E-state index is 0.0319. The van der Waals surface area contributed by atoms with Gasteiger partial charge in [-0.25, -0.2) is 4.79 Å². The molecule has 1 heterocycles. The van der Waals surface area contributed by atoms with Gasteiger partial charge in [0, 0.05) is 31.0 Å². The van der Waals surface area contributed by atoms with Crippen LogP contribution in [0.25, 0.3) is 0 Å². The number of unbranched alkanes of at least 4 members (excludes halogenated alkanes) is 3. The summed E-state index contributed by atoms with van der Waals surface area (Å²) in [6.45, 7) is 2.45. The van der Waals surface area contributed by atoms with Crippen LogP contribution in [0, 0.1) is 0 Å². The summed E-state index contributed by atoms with van der Waals surface area (Å²) in [7, 11) is 0. The Morgan fingerprint density at radius 3 is 2.61 bits per heavy atom. The number of carbonyl (C=O) groups excluding carboxylic acids is 2. The molecule has 9 nitrogen and oxygen atoms in total. The number of phenols is 1. The summed E-state index contributed by atoms with van der Waals surface area (Å²) in [5.41, 5.74) is 2.93. The van der Waals surface area contributed by atoms with Gasteiger partial charge in [-0.1, -0.05) is 31.0 Å². The third-order valence-corrected chi connectivity index (χ3v) is 6.16. The Balaban J connectivity index is 1.18. The number of aryl methyl sites for hydroxylation is 1. The SMILES string of the molecule is O=C1CN(c2cccc(CCCOCCCCCCNC[C@@H](O)c3ccc(O)c(CO)c3)c2)C(=O)N1. The highest BCUT2D eigenvalue weighted by molar-refractivity contribution is 6.12. The number of ether oxygens (including phenoxy) is 1. The maximum Gasteiger partial charge on any atom is 0.329 e. The van der Waals surface area contributed by atoms with Crippen molar-refractivity contribution in [2.24, 2.45) is 0 Å². The molecule has 0 aromatic heterocycles. The predicted octanol–water partition coefficient (Wildman–Crippen LogP) is 2.77. The number of aromatic hydroxyl groups is 1. The normalized spacial score (nSPS) is 14.3. The van der Waals surface area contributed by atoms with Gasteiger partial charge in [0.2, 0.25) is 5.91 Å². The van der Waals surface area contributed by atoms with Gasteiger partial charge in [0.05, 0.1) is 12.7 Å². The van der Waals surface area contributed by atoms with Crippen LogP contribution in [0.5, 0.6) is 5.75 Å². The van der Waals surface area contributed by atoms with Gasteiger partial charge < -0.3 is 25.4 Å². The fraction of sp³-hybridized carbons (Fsp3) is 0.481. The molecule has 0 saturated carbocycles. The Morgan fingerprint density at radius 2 is 1.83 bits per heavy atom. The van der Waals surface area contributed by atoms with E-state index in [4.69, 9.17) is 4.74 Å². The van der Waals surface area contributed by atoms with Gasteiger partial charge in [-0.05, 0) is 67.6 Å². The number of anilines is 1. The number of hydrogen-bond donors (Lipinski definition) is 5. The number of aliphatic hydroxyl groups is 2. The number of urea groups is 1. The van der Waals surface area contributed by atoms with Crippen molar-refractivity contribution in [3.05, 3.63) is 59.2 Å². The summed E-state index contributed by atoms with van der Waals surface area (Å²) in [5.74, 6) is -0.248. The largest absolute Gasteiger partial charge is 0.508 e. The van der Waals surface area contributed by atoms with E-state index in [-0.39, 0.29) is 30.8 Å². The number of nitrogens with one attached hydrogen (secondary N) is 2. The van der Waals surface area contributed by atoms with Crippen LogP contribution in [-0.2, 0) is 22.6 Å². The van der Waals surface area contributed by atoms with Crippen molar-refractivity contribution < 1.29 is 29.6 Å². The quantitative estimate of drug-likeness (QED) is 0.177. The molecule has 9 heteroatoms. The number of rotatable bonds is 16. The number of carbonyl (C=O) groups is 2.